The van der Waals surface area contributed by atoms with Crippen LogP contribution in [-0.2, 0) is 15.3 Å². The molecule has 0 saturated carbocycles. The standard InChI is InChI=1S/C24H27ClN4O3S2/c1-15(2)17-5-7-18(8-6-17)20(30)13-26-21(31)11-12-22(32)27-23-28-29-24(34-23)33-14-16-3-9-19(25)10-4-16/h3-10,15,20,30H,11-14H2,1-2H3,(H,26,31)(H,27,28,32). The number of hydrogen-bond donors (Lipinski definition) is 3. The topological polar surface area (TPSA) is 104 Å². The predicted octanol–water partition coefficient (Wildman–Crippen LogP) is 5.18. The first-order valence-corrected chi connectivity index (χ1v) is 13.0. The van der Waals surface area contributed by atoms with Crippen LogP contribution in [0, 0.1) is 0 Å². The lowest BCUT2D eigenvalue weighted by Gasteiger charge is -2.13. The number of aromatic nitrogens is 2. The summed E-state index contributed by atoms with van der Waals surface area (Å²) in [5, 5.41) is 24.8. The van der Waals surface area contributed by atoms with Gasteiger partial charge in [-0.2, -0.15) is 0 Å². The van der Waals surface area contributed by atoms with E-state index >= 15 is 0 Å². The van der Waals surface area contributed by atoms with Gasteiger partial charge in [-0.25, -0.2) is 0 Å². The second-order valence-electron chi connectivity index (χ2n) is 7.98. The number of aliphatic hydroxyl groups is 1. The molecule has 0 saturated heterocycles. The van der Waals surface area contributed by atoms with Gasteiger partial charge in [0.25, 0.3) is 0 Å². The zero-order valence-electron chi connectivity index (χ0n) is 19.0. The Morgan fingerprint density at radius 1 is 1.00 bits per heavy atom. The molecule has 10 heteroatoms. The summed E-state index contributed by atoms with van der Waals surface area (Å²) in [5.74, 6) is 0.514. The van der Waals surface area contributed by atoms with Crippen molar-refractivity contribution in [2.45, 2.75) is 48.8 Å². The van der Waals surface area contributed by atoms with Crippen molar-refractivity contribution in [3.05, 3.63) is 70.2 Å². The summed E-state index contributed by atoms with van der Waals surface area (Å²) in [6, 6.07) is 15.3. The van der Waals surface area contributed by atoms with Gasteiger partial charge in [0.15, 0.2) is 4.34 Å². The number of rotatable bonds is 11. The maximum atomic E-state index is 12.2. The fourth-order valence-corrected chi connectivity index (χ4v) is 4.82. The quantitative estimate of drug-likeness (QED) is 0.239. The first kappa shape index (κ1) is 26.2. The molecular formula is C24H27ClN4O3S2. The van der Waals surface area contributed by atoms with Gasteiger partial charge < -0.3 is 15.7 Å². The molecule has 0 aliphatic rings. The Balaban J connectivity index is 1.35. The van der Waals surface area contributed by atoms with Crippen LogP contribution in [0.3, 0.4) is 0 Å². The van der Waals surface area contributed by atoms with Crippen molar-refractivity contribution in [1.29, 1.82) is 0 Å². The van der Waals surface area contributed by atoms with Crippen LogP contribution in [0.25, 0.3) is 0 Å². The lowest BCUT2D eigenvalue weighted by Crippen LogP contribution is -2.29. The fourth-order valence-electron chi connectivity index (χ4n) is 2.97. The van der Waals surface area contributed by atoms with Gasteiger partial charge in [-0.1, -0.05) is 84.9 Å². The second-order valence-corrected chi connectivity index (χ2v) is 10.6. The Morgan fingerprint density at radius 2 is 1.65 bits per heavy atom. The smallest absolute Gasteiger partial charge is 0.226 e. The molecule has 0 aliphatic carbocycles. The van der Waals surface area contributed by atoms with Gasteiger partial charge in [0.1, 0.15) is 0 Å². The Morgan fingerprint density at radius 3 is 2.32 bits per heavy atom. The largest absolute Gasteiger partial charge is 0.387 e. The Labute approximate surface area is 212 Å². The van der Waals surface area contributed by atoms with Crippen LogP contribution in [0.4, 0.5) is 5.13 Å². The molecule has 3 rings (SSSR count). The summed E-state index contributed by atoms with van der Waals surface area (Å²) in [5.41, 5.74) is 3.04. The van der Waals surface area contributed by atoms with Gasteiger partial charge in [0.05, 0.1) is 6.10 Å². The average molecular weight is 519 g/mol. The van der Waals surface area contributed by atoms with Crippen molar-refractivity contribution in [3.63, 3.8) is 0 Å². The number of carbonyl (C=O) groups is 2. The van der Waals surface area contributed by atoms with Gasteiger partial charge in [0.2, 0.25) is 16.9 Å². The number of carbonyl (C=O) groups excluding carboxylic acids is 2. The van der Waals surface area contributed by atoms with Crippen LogP contribution < -0.4 is 10.6 Å². The zero-order valence-corrected chi connectivity index (χ0v) is 21.3. The van der Waals surface area contributed by atoms with E-state index in [-0.39, 0.29) is 31.2 Å². The normalized spacial score (nSPS) is 11.9. The molecule has 0 aliphatic heterocycles. The van der Waals surface area contributed by atoms with Crippen LogP contribution in [0.2, 0.25) is 5.02 Å². The minimum absolute atomic E-state index is 0.0118. The van der Waals surface area contributed by atoms with Crippen molar-refractivity contribution in [2.24, 2.45) is 0 Å². The maximum absolute atomic E-state index is 12.2. The first-order chi connectivity index (χ1) is 16.3. The van der Waals surface area contributed by atoms with Crippen molar-refractivity contribution in [2.75, 3.05) is 11.9 Å². The van der Waals surface area contributed by atoms with E-state index < -0.39 is 6.10 Å². The number of amides is 2. The highest BCUT2D eigenvalue weighted by molar-refractivity contribution is 8.00. The van der Waals surface area contributed by atoms with Gasteiger partial charge >= 0.3 is 0 Å². The van der Waals surface area contributed by atoms with Crippen LogP contribution in [0.1, 0.15) is 55.4 Å². The van der Waals surface area contributed by atoms with Crippen molar-refractivity contribution >= 4 is 51.6 Å². The van der Waals surface area contributed by atoms with E-state index in [0.29, 0.717) is 21.8 Å². The molecular weight excluding hydrogens is 492 g/mol. The average Bonchev–Trinajstić information content (AvgIpc) is 3.28. The molecule has 1 unspecified atom stereocenters. The molecule has 34 heavy (non-hydrogen) atoms. The van der Waals surface area contributed by atoms with Crippen molar-refractivity contribution in [1.82, 2.24) is 15.5 Å². The van der Waals surface area contributed by atoms with E-state index in [4.69, 9.17) is 11.6 Å². The molecule has 0 bridgehead atoms. The molecule has 7 nitrogen and oxygen atoms in total. The van der Waals surface area contributed by atoms with Crippen LogP contribution in [-0.4, -0.2) is 33.7 Å². The summed E-state index contributed by atoms with van der Waals surface area (Å²) >= 11 is 8.69. The molecule has 1 heterocycles. The third-order valence-electron chi connectivity index (χ3n) is 4.99. The summed E-state index contributed by atoms with van der Waals surface area (Å²) in [4.78, 5) is 24.2. The van der Waals surface area contributed by atoms with Crippen LogP contribution in [0.15, 0.2) is 52.9 Å². The first-order valence-electron chi connectivity index (χ1n) is 10.9. The SMILES string of the molecule is CC(C)c1ccc(C(O)CNC(=O)CCC(=O)Nc2nnc(SCc3ccc(Cl)cc3)s2)cc1. The minimum Gasteiger partial charge on any atom is -0.387 e. The molecule has 0 spiro atoms. The van der Waals surface area contributed by atoms with E-state index in [0.717, 1.165) is 15.5 Å². The number of anilines is 1. The highest BCUT2D eigenvalue weighted by Gasteiger charge is 2.13. The molecule has 3 aromatic rings. The summed E-state index contributed by atoms with van der Waals surface area (Å²) in [6.45, 7) is 4.30. The predicted molar refractivity (Wildman–Crippen MR) is 137 cm³/mol. The molecule has 0 fully saturated rings. The van der Waals surface area contributed by atoms with E-state index in [9.17, 15) is 14.7 Å². The van der Waals surface area contributed by atoms with Gasteiger partial charge in [-0.15, -0.1) is 10.2 Å². The lowest BCUT2D eigenvalue weighted by molar-refractivity contribution is -0.124. The van der Waals surface area contributed by atoms with Crippen molar-refractivity contribution < 1.29 is 14.7 Å². The Bertz CT molecular complexity index is 1090. The number of halogens is 1. The highest BCUT2D eigenvalue weighted by atomic mass is 35.5. The fraction of sp³-hybridized carbons (Fsp3) is 0.333. The van der Waals surface area contributed by atoms with Gasteiger partial charge in [-0.05, 0) is 34.7 Å². The lowest BCUT2D eigenvalue weighted by atomic mass is 10.00. The molecule has 0 radical (unpaired) electrons. The Kier molecular flexibility index (Phi) is 9.88. The van der Waals surface area contributed by atoms with E-state index in [2.05, 4.69) is 34.7 Å². The summed E-state index contributed by atoms with van der Waals surface area (Å²) < 4.78 is 0.735. The number of nitrogens with one attached hydrogen (secondary N) is 2. The monoisotopic (exact) mass is 518 g/mol. The number of thioether (sulfide) groups is 1. The molecule has 180 valence electrons. The second kappa shape index (κ2) is 12.9. The summed E-state index contributed by atoms with van der Waals surface area (Å²) in [7, 11) is 0. The molecule has 2 aromatic carbocycles. The third-order valence-corrected chi connectivity index (χ3v) is 7.28. The zero-order chi connectivity index (χ0) is 24.5. The number of aliphatic hydroxyl groups excluding tert-OH is 1. The maximum Gasteiger partial charge on any atom is 0.226 e. The van der Waals surface area contributed by atoms with Crippen LogP contribution in [0.5, 0.6) is 0 Å². The number of nitrogens with zero attached hydrogens (tertiary/aromatic N) is 2. The van der Waals surface area contributed by atoms with E-state index in [1.807, 2.05) is 48.5 Å². The molecule has 2 amide bonds. The minimum atomic E-state index is -0.802. The third kappa shape index (κ3) is 8.39. The molecule has 3 N–H and O–H groups in total. The number of hydrogen-bond acceptors (Lipinski definition) is 7. The molecule has 1 aromatic heterocycles. The Hall–Kier alpha value is -2.46. The van der Waals surface area contributed by atoms with E-state index in [1.54, 1.807) is 0 Å². The van der Waals surface area contributed by atoms with Crippen molar-refractivity contribution in [3.8, 4) is 0 Å². The van der Waals surface area contributed by atoms with Gasteiger partial charge in [0, 0.05) is 30.2 Å². The van der Waals surface area contributed by atoms with Crippen LogP contribution >= 0.6 is 34.7 Å². The number of benzene rings is 2. The van der Waals surface area contributed by atoms with Gasteiger partial charge in [-0.3, -0.25) is 9.59 Å². The highest BCUT2D eigenvalue weighted by Crippen LogP contribution is 2.28. The van der Waals surface area contributed by atoms with E-state index in [1.165, 1.54) is 28.7 Å². The molecule has 1 atom stereocenters. The summed E-state index contributed by atoms with van der Waals surface area (Å²) in [6.07, 6.45) is -0.774.